The van der Waals surface area contributed by atoms with Crippen molar-refractivity contribution in [1.29, 1.82) is 0 Å². The average molecular weight is 335 g/mol. The summed E-state index contributed by atoms with van der Waals surface area (Å²) in [5.74, 6) is -0.995. The van der Waals surface area contributed by atoms with Crippen molar-refractivity contribution < 1.29 is 14.7 Å². The lowest BCUT2D eigenvalue weighted by Crippen LogP contribution is -2.60. The van der Waals surface area contributed by atoms with Gasteiger partial charge >= 0.3 is 5.97 Å². The van der Waals surface area contributed by atoms with Crippen LogP contribution in [0.1, 0.15) is 25.0 Å². The number of hydrogen-bond donors (Lipinski definition) is 2. The molecule has 1 aromatic rings. The number of amides is 1. The van der Waals surface area contributed by atoms with Crippen molar-refractivity contribution in [1.82, 2.24) is 24.7 Å². The summed E-state index contributed by atoms with van der Waals surface area (Å²) in [6.45, 7) is 3.94. The molecule has 0 bridgehead atoms. The van der Waals surface area contributed by atoms with Crippen LogP contribution in [0.4, 0.5) is 0 Å². The van der Waals surface area contributed by atoms with Crippen LogP contribution in [0.25, 0.3) is 0 Å². The van der Waals surface area contributed by atoms with Gasteiger partial charge in [-0.25, -0.2) is 4.98 Å². The molecule has 1 atom stereocenters. The van der Waals surface area contributed by atoms with Gasteiger partial charge in [-0.2, -0.15) is 0 Å². The topological polar surface area (TPSA) is 92.8 Å². The van der Waals surface area contributed by atoms with Crippen molar-refractivity contribution in [3.05, 3.63) is 18.2 Å². The first-order chi connectivity index (χ1) is 11.5. The van der Waals surface area contributed by atoms with Gasteiger partial charge in [0.2, 0.25) is 5.91 Å². The van der Waals surface area contributed by atoms with Crippen LogP contribution < -0.4 is 0 Å². The number of H-pyrrole nitrogens is 1. The number of carboxylic acid groups (broad SMARTS) is 1. The van der Waals surface area contributed by atoms with E-state index in [2.05, 4.69) is 26.8 Å². The number of hydrogen-bond acceptors (Lipinski definition) is 5. The standard InChI is InChI=1S/C16H25N5O3/c1-19-6-7-20(9-13-8-17-12-18-13)11-16(19)3-2-14(22)21(5-4-16)10-15(23)24/h8,12H,2-7,9-11H2,1H3,(H,17,18)(H,23,24)/t16-/m0/s1. The number of piperazine rings is 1. The highest BCUT2D eigenvalue weighted by atomic mass is 16.4. The SMILES string of the molecule is CN1CCN(Cc2cnc[nH]2)C[C@@]12CCC(=O)N(CC(=O)O)CC2. The number of likely N-dealkylation sites (N-methyl/N-ethyl adjacent to an activating group) is 1. The smallest absolute Gasteiger partial charge is 0.323 e. The minimum Gasteiger partial charge on any atom is -0.480 e. The highest BCUT2D eigenvalue weighted by Crippen LogP contribution is 2.32. The molecule has 0 unspecified atom stereocenters. The molecule has 3 rings (SSSR count). The largest absolute Gasteiger partial charge is 0.480 e. The third-order valence-corrected chi connectivity index (χ3v) is 5.36. The molecule has 8 nitrogen and oxygen atoms in total. The molecule has 2 aliphatic rings. The molecular weight excluding hydrogens is 310 g/mol. The first kappa shape index (κ1) is 16.9. The predicted octanol–water partition coefficient (Wildman–Crippen LogP) is -0.00700. The molecule has 2 fully saturated rings. The summed E-state index contributed by atoms with van der Waals surface area (Å²) in [6, 6.07) is 0. The Morgan fingerprint density at radius 1 is 1.38 bits per heavy atom. The molecule has 1 amide bonds. The summed E-state index contributed by atoms with van der Waals surface area (Å²) in [5.41, 5.74) is 1.02. The van der Waals surface area contributed by atoms with E-state index in [0.717, 1.165) is 44.7 Å². The van der Waals surface area contributed by atoms with E-state index >= 15 is 0 Å². The minimum absolute atomic E-state index is 0.0478. The van der Waals surface area contributed by atoms with Gasteiger partial charge in [-0.05, 0) is 19.9 Å². The molecule has 0 radical (unpaired) electrons. The van der Waals surface area contributed by atoms with Gasteiger partial charge in [0.25, 0.3) is 0 Å². The molecule has 24 heavy (non-hydrogen) atoms. The second-order valence-electron chi connectivity index (χ2n) is 6.89. The Morgan fingerprint density at radius 3 is 2.92 bits per heavy atom. The first-order valence-corrected chi connectivity index (χ1v) is 8.39. The van der Waals surface area contributed by atoms with Crippen LogP contribution in [0.5, 0.6) is 0 Å². The summed E-state index contributed by atoms with van der Waals surface area (Å²) in [4.78, 5) is 36.6. The maximum Gasteiger partial charge on any atom is 0.323 e. The summed E-state index contributed by atoms with van der Waals surface area (Å²) < 4.78 is 0. The Hall–Kier alpha value is -1.93. The van der Waals surface area contributed by atoms with Gasteiger partial charge in [0.1, 0.15) is 6.54 Å². The Morgan fingerprint density at radius 2 is 2.21 bits per heavy atom. The molecular formula is C16H25N5O3. The van der Waals surface area contributed by atoms with Crippen LogP contribution in [0.2, 0.25) is 0 Å². The maximum absolute atomic E-state index is 12.2. The number of carbonyl (C=O) groups is 2. The van der Waals surface area contributed by atoms with Crippen molar-refractivity contribution in [3.8, 4) is 0 Å². The zero-order valence-electron chi connectivity index (χ0n) is 14.1. The molecule has 0 aromatic carbocycles. The third kappa shape index (κ3) is 3.59. The second kappa shape index (κ2) is 6.90. The molecule has 2 N–H and O–H groups in total. The van der Waals surface area contributed by atoms with Crippen molar-refractivity contribution in [2.45, 2.75) is 31.3 Å². The molecule has 2 saturated heterocycles. The molecule has 8 heteroatoms. The van der Waals surface area contributed by atoms with E-state index in [0.29, 0.717) is 13.0 Å². The zero-order chi connectivity index (χ0) is 17.2. The Labute approximate surface area is 141 Å². The van der Waals surface area contributed by atoms with E-state index < -0.39 is 5.97 Å². The Bertz CT molecular complexity index is 591. The number of likely N-dealkylation sites (tertiary alicyclic amines) is 1. The first-order valence-electron chi connectivity index (χ1n) is 8.39. The van der Waals surface area contributed by atoms with Gasteiger partial charge in [0.15, 0.2) is 0 Å². The van der Waals surface area contributed by atoms with Gasteiger partial charge in [0.05, 0.1) is 6.33 Å². The lowest BCUT2D eigenvalue weighted by molar-refractivity contribution is -0.144. The Kier molecular flexibility index (Phi) is 4.86. The Balaban J connectivity index is 1.69. The second-order valence-corrected chi connectivity index (χ2v) is 6.89. The van der Waals surface area contributed by atoms with Gasteiger partial charge in [0, 0.05) is 56.6 Å². The number of nitrogens with one attached hydrogen (secondary N) is 1. The number of rotatable bonds is 4. The fourth-order valence-electron chi connectivity index (χ4n) is 3.85. The van der Waals surface area contributed by atoms with E-state index in [4.69, 9.17) is 5.11 Å². The summed E-state index contributed by atoms with van der Waals surface area (Å²) in [7, 11) is 2.12. The maximum atomic E-state index is 12.2. The fraction of sp³-hybridized carbons (Fsp3) is 0.688. The molecule has 132 valence electrons. The van der Waals surface area contributed by atoms with E-state index in [1.807, 2.05) is 6.20 Å². The highest BCUT2D eigenvalue weighted by Gasteiger charge is 2.42. The number of aromatic nitrogens is 2. The molecule has 0 saturated carbocycles. The van der Waals surface area contributed by atoms with Crippen LogP contribution in [-0.2, 0) is 16.1 Å². The lowest BCUT2D eigenvalue weighted by Gasteiger charge is -2.49. The number of nitrogens with zero attached hydrogens (tertiary/aromatic N) is 4. The normalized spacial score (nSPS) is 26.7. The van der Waals surface area contributed by atoms with E-state index in [9.17, 15) is 9.59 Å². The minimum atomic E-state index is -0.947. The number of carboxylic acids is 1. The number of carbonyl (C=O) groups excluding carboxylic acids is 1. The van der Waals surface area contributed by atoms with Crippen LogP contribution in [0.15, 0.2) is 12.5 Å². The van der Waals surface area contributed by atoms with Gasteiger partial charge < -0.3 is 15.0 Å². The number of imidazole rings is 1. The number of aliphatic carboxylic acids is 1. The van der Waals surface area contributed by atoms with Gasteiger partial charge in [-0.3, -0.25) is 19.4 Å². The van der Waals surface area contributed by atoms with Gasteiger partial charge in [-0.15, -0.1) is 0 Å². The summed E-state index contributed by atoms with van der Waals surface area (Å²) in [6.07, 6.45) is 5.53. The molecule has 1 aromatic heterocycles. The number of aromatic amines is 1. The van der Waals surface area contributed by atoms with Crippen molar-refractivity contribution >= 4 is 11.9 Å². The lowest BCUT2D eigenvalue weighted by atomic mass is 9.86. The quantitative estimate of drug-likeness (QED) is 0.804. The third-order valence-electron chi connectivity index (χ3n) is 5.36. The molecule has 3 heterocycles. The van der Waals surface area contributed by atoms with Crippen molar-refractivity contribution in [3.63, 3.8) is 0 Å². The highest BCUT2D eigenvalue weighted by molar-refractivity contribution is 5.81. The van der Waals surface area contributed by atoms with E-state index in [-0.39, 0.29) is 18.0 Å². The zero-order valence-corrected chi connectivity index (χ0v) is 14.1. The van der Waals surface area contributed by atoms with E-state index in [1.54, 1.807) is 6.33 Å². The van der Waals surface area contributed by atoms with Crippen LogP contribution >= 0.6 is 0 Å². The van der Waals surface area contributed by atoms with E-state index in [1.165, 1.54) is 4.90 Å². The molecule has 0 aliphatic carbocycles. The summed E-state index contributed by atoms with van der Waals surface area (Å²) >= 11 is 0. The predicted molar refractivity (Wildman–Crippen MR) is 87.3 cm³/mol. The van der Waals surface area contributed by atoms with Crippen LogP contribution in [0, 0.1) is 0 Å². The average Bonchev–Trinajstić information content (AvgIpc) is 3.00. The summed E-state index contributed by atoms with van der Waals surface area (Å²) in [5, 5.41) is 8.99. The van der Waals surface area contributed by atoms with Crippen LogP contribution in [-0.4, -0.2) is 87.0 Å². The van der Waals surface area contributed by atoms with Crippen molar-refractivity contribution in [2.75, 3.05) is 39.8 Å². The van der Waals surface area contributed by atoms with Crippen molar-refractivity contribution in [2.24, 2.45) is 0 Å². The molecule has 1 spiro atoms. The molecule has 2 aliphatic heterocycles. The van der Waals surface area contributed by atoms with Crippen LogP contribution in [0.3, 0.4) is 0 Å². The van der Waals surface area contributed by atoms with Gasteiger partial charge in [-0.1, -0.05) is 0 Å². The monoisotopic (exact) mass is 335 g/mol. The fourth-order valence-corrected chi connectivity index (χ4v) is 3.85.